The minimum Gasteiger partial charge on any atom is -1.00 e. The zero-order valence-corrected chi connectivity index (χ0v) is 21.0. The molecule has 0 radical (unpaired) electrons. The van der Waals surface area contributed by atoms with E-state index in [0.29, 0.717) is 3.67 Å². The van der Waals surface area contributed by atoms with Crippen molar-refractivity contribution in [1.82, 2.24) is 0 Å². The summed E-state index contributed by atoms with van der Waals surface area (Å²) < 4.78 is 0.707. The molecule has 4 rings (SSSR count). The second-order valence-corrected chi connectivity index (χ2v) is 10.5. The molecular formula is C23H25Cl2Hf. The summed E-state index contributed by atoms with van der Waals surface area (Å²) in [6.07, 6.45) is 6.30. The van der Waals surface area contributed by atoms with Crippen LogP contribution >= 0.6 is 0 Å². The third-order valence-corrected chi connectivity index (χ3v) is 8.40. The van der Waals surface area contributed by atoms with Crippen molar-refractivity contribution in [2.24, 2.45) is 0 Å². The van der Waals surface area contributed by atoms with Gasteiger partial charge in [0.2, 0.25) is 0 Å². The van der Waals surface area contributed by atoms with Gasteiger partial charge in [-0.25, -0.2) is 0 Å². The van der Waals surface area contributed by atoms with Crippen molar-refractivity contribution in [1.29, 1.82) is 0 Å². The van der Waals surface area contributed by atoms with Crippen LogP contribution in [-0.2, 0) is 42.6 Å². The monoisotopic (exact) mass is 551 g/mol. The van der Waals surface area contributed by atoms with Gasteiger partial charge in [0.25, 0.3) is 0 Å². The van der Waals surface area contributed by atoms with Gasteiger partial charge in [-0.3, -0.25) is 0 Å². The molecule has 0 N–H and O–H groups in total. The first-order valence-corrected chi connectivity index (χ1v) is 11.1. The summed E-state index contributed by atoms with van der Waals surface area (Å²) in [5.41, 5.74) is 12.5. The SMILES string of the molecule is CC1=Cc2c(cc3c(c2-c2ccc(C(C)(C)C)cc2)CCC3)[CH]1[Hf+2].[Cl-].[Cl-]. The van der Waals surface area contributed by atoms with Crippen molar-refractivity contribution in [3.05, 3.63) is 63.7 Å². The molecule has 0 spiro atoms. The molecule has 0 fully saturated rings. The Kier molecular flexibility index (Phi) is 6.69. The Morgan fingerprint density at radius 3 is 2.27 bits per heavy atom. The van der Waals surface area contributed by atoms with Crippen LogP contribution in [0, 0.1) is 0 Å². The van der Waals surface area contributed by atoms with Gasteiger partial charge in [0, 0.05) is 0 Å². The van der Waals surface area contributed by atoms with E-state index in [2.05, 4.69) is 64.1 Å². The summed E-state index contributed by atoms with van der Waals surface area (Å²) in [6.45, 7) is 9.18. The van der Waals surface area contributed by atoms with E-state index in [9.17, 15) is 0 Å². The zero-order valence-electron chi connectivity index (χ0n) is 15.9. The van der Waals surface area contributed by atoms with Crippen molar-refractivity contribution in [3.8, 4) is 11.1 Å². The van der Waals surface area contributed by atoms with Crippen LogP contribution < -0.4 is 24.8 Å². The van der Waals surface area contributed by atoms with Gasteiger partial charge in [0.15, 0.2) is 0 Å². The number of rotatable bonds is 1. The fourth-order valence-electron chi connectivity index (χ4n) is 4.20. The van der Waals surface area contributed by atoms with Crippen LogP contribution in [0.5, 0.6) is 0 Å². The van der Waals surface area contributed by atoms with E-state index in [-0.39, 0.29) is 30.2 Å². The Morgan fingerprint density at radius 2 is 1.65 bits per heavy atom. The summed E-state index contributed by atoms with van der Waals surface area (Å²) in [7, 11) is 0. The predicted octanol–water partition coefficient (Wildman–Crippen LogP) is 0.153. The van der Waals surface area contributed by atoms with E-state index >= 15 is 0 Å². The molecule has 2 aromatic carbocycles. The molecule has 135 valence electrons. The quantitative estimate of drug-likeness (QED) is 0.444. The number of halogens is 2. The molecule has 0 amide bonds. The van der Waals surface area contributed by atoms with Crippen molar-refractivity contribution in [3.63, 3.8) is 0 Å². The first kappa shape index (κ1) is 21.9. The molecule has 0 aromatic heterocycles. The molecule has 26 heavy (non-hydrogen) atoms. The molecule has 1 atom stereocenters. The molecule has 1 unspecified atom stereocenters. The van der Waals surface area contributed by atoms with Crippen LogP contribution in [0.25, 0.3) is 17.2 Å². The predicted molar refractivity (Wildman–Crippen MR) is 99.0 cm³/mol. The summed E-state index contributed by atoms with van der Waals surface area (Å²) in [5, 5.41) is 0. The molecule has 0 saturated heterocycles. The number of hydrogen-bond donors (Lipinski definition) is 0. The van der Waals surface area contributed by atoms with Crippen LogP contribution in [0.15, 0.2) is 35.9 Å². The molecule has 0 heterocycles. The maximum atomic E-state index is 2.54. The molecule has 0 saturated carbocycles. The zero-order chi connectivity index (χ0) is 17.1. The Morgan fingerprint density at radius 1 is 1.00 bits per heavy atom. The van der Waals surface area contributed by atoms with Crippen molar-refractivity contribution in [2.75, 3.05) is 0 Å². The molecule has 2 aliphatic rings. The number of hydrogen-bond acceptors (Lipinski definition) is 0. The summed E-state index contributed by atoms with van der Waals surface area (Å²) in [6, 6.07) is 11.9. The molecular weight excluding hydrogens is 526 g/mol. The summed E-state index contributed by atoms with van der Waals surface area (Å²) in [5.74, 6) is 0. The van der Waals surface area contributed by atoms with Gasteiger partial charge in [-0.05, 0) is 0 Å². The van der Waals surface area contributed by atoms with E-state index in [1.165, 1.54) is 65.9 Å². The molecule has 2 aliphatic carbocycles. The van der Waals surface area contributed by atoms with E-state index in [4.69, 9.17) is 0 Å². The summed E-state index contributed by atoms with van der Waals surface area (Å²) >= 11 is 1.22. The Labute approximate surface area is 185 Å². The number of allylic oxidation sites excluding steroid dienone is 1. The molecule has 3 heteroatoms. The van der Waals surface area contributed by atoms with Crippen molar-refractivity contribution >= 4 is 6.08 Å². The van der Waals surface area contributed by atoms with Gasteiger partial charge < -0.3 is 24.8 Å². The molecule has 2 aromatic rings. The smallest absolute Gasteiger partial charge is 1.00 e. The normalized spacial score (nSPS) is 17.8. The first-order chi connectivity index (χ1) is 11.4. The average molecular weight is 551 g/mol. The van der Waals surface area contributed by atoms with Crippen molar-refractivity contribution in [2.45, 2.75) is 56.0 Å². The van der Waals surface area contributed by atoms with Crippen LogP contribution in [0.3, 0.4) is 0 Å². The van der Waals surface area contributed by atoms with Gasteiger partial charge >= 0.3 is 161 Å². The Balaban J connectivity index is 0.00000121. The Hall–Kier alpha value is -0.370. The fourth-order valence-corrected chi connectivity index (χ4v) is 5.36. The van der Waals surface area contributed by atoms with Gasteiger partial charge in [-0.2, -0.15) is 0 Å². The minimum absolute atomic E-state index is 0. The maximum absolute atomic E-state index is 2.54. The van der Waals surface area contributed by atoms with Crippen LogP contribution in [0.4, 0.5) is 0 Å². The first-order valence-electron chi connectivity index (χ1n) is 9.05. The maximum Gasteiger partial charge on any atom is -1.00 e. The van der Waals surface area contributed by atoms with Crippen molar-refractivity contribution < 1.29 is 49.2 Å². The number of fused-ring (bicyclic) bond motifs is 2. The van der Waals surface area contributed by atoms with E-state index in [1.807, 2.05) is 0 Å². The average Bonchev–Trinajstić information content (AvgIpc) is 3.10. The van der Waals surface area contributed by atoms with E-state index < -0.39 is 0 Å². The topological polar surface area (TPSA) is 0 Å². The van der Waals surface area contributed by atoms with Gasteiger partial charge in [-0.1, -0.05) is 0 Å². The molecule has 0 nitrogen and oxygen atoms in total. The number of aryl methyl sites for hydroxylation is 1. The standard InChI is InChI=1S/C23H25.2ClH.Hf/c1-15-12-18-14-17-6-5-7-20(17)22(21(18)13-15)16-8-10-19(11-9-16)23(2,3)4;;;/h8-14H,5-7H2,1-4H3;2*1H;/q;;;+2/p-2. The summed E-state index contributed by atoms with van der Waals surface area (Å²) in [4.78, 5) is 0. The van der Waals surface area contributed by atoms with E-state index in [1.54, 1.807) is 22.3 Å². The second-order valence-electron chi connectivity index (χ2n) is 8.39. The minimum atomic E-state index is 0. The molecule has 0 bridgehead atoms. The third-order valence-electron chi connectivity index (χ3n) is 5.65. The second kappa shape index (κ2) is 7.94. The van der Waals surface area contributed by atoms with E-state index in [0.717, 1.165) is 0 Å². The fraction of sp³-hybridized carbons (Fsp3) is 0.391. The van der Waals surface area contributed by atoms with Gasteiger partial charge in [-0.15, -0.1) is 0 Å². The van der Waals surface area contributed by atoms with Gasteiger partial charge in [0.1, 0.15) is 0 Å². The molecule has 0 aliphatic heterocycles. The Bertz CT molecular complexity index is 842. The van der Waals surface area contributed by atoms with Crippen LogP contribution in [-0.4, -0.2) is 0 Å². The number of benzene rings is 2. The largest absolute Gasteiger partial charge is 1.00 e. The van der Waals surface area contributed by atoms with Crippen LogP contribution in [0.2, 0.25) is 0 Å². The third kappa shape index (κ3) is 3.64. The van der Waals surface area contributed by atoms with Gasteiger partial charge in [0.05, 0.1) is 0 Å². The van der Waals surface area contributed by atoms with Crippen LogP contribution in [0.1, 0.15) is 65.6 Å².